The molecule has 0 radical (unpaired) electrons. The summed E-state index contributed by atoms with van der Waals surface area (Å²) < 4.78 is 5.12. The van der Waals surface area contributed by atoms with Gasteiger partial charge in [-0.3, -0.25) is 4.99 Å². The highest BCUT2D eigenvalue weighted by molar-refractivity contribution is 8.14. The molecular weight excluding hydrogens is 244 g/mol. The number of aliphatic imine (C=N–C) groups is 1. The van der Waals surface area contributed by atoms with Crippen LogP contribution in [0.4, 0.5) is 0 Å². The van der Waals surface area contributed by atoms with Crippen molar-refractivity contribution in [3.8, 4) is 0 Å². The molecule has 3 nitrogen and oxygen atoms in total. The van der Waals surface area contributed by atoms with E-state index in [0.717, 1.165) is 30.5 Å². The van der Waals surface area contributed by atoms with Gasteiger partial charge in [-0.2, -0.15) is 0 Å². The van der Waals surface area contributed by atoms with Gasteiger partial charge in [0.1, 0.15) is 0 Å². The molecule has 1 heterocycles. The van der Waals surface area contributed by atoms with Crippen molar-refractivity contribution >= 4 is 16.9 Å². The summed E-state index contributed by atoms with van der Waals surface area (Å²) in [4.78, 5) is 4.80. The second-order valence-electron chi connectivity index (χ2n) is 5.93. The molecule has 2 fully saturated rings. The van der Waals surface area contributed by atoms with Crippen molar-refractivity contribution in [1.29, 1.82) is 0 Å². The molecule has 0 aromatic heterocycles. The third-order valence-corrected chi connectivity index (χ3v) is 5.17. The van der Waals surface area contributed by atoms with Crippen molar-refractivity contribution in [1.82, 2.24) is 5.32 Å². The van der Waals surface area contributed by atoms with Gasteiger partial charge in [0.15, 0.2) is 5.17 Å². The molecule has 2 aliphatic rings. The van der Waals surface area contributed by atoms with Crippen LogP contribution in [-0.4, -0.2) is 37.2 Å². The Kier molecular flexibility index (Phi) is 5.37. The van der Waals surface area contributed by atoms with Crippen LogP contribution in [0.2, 0.25) is 0 Å². The molecule has 1 saturated carbocycles. The van der Waals surface area contributed by atoms with E-state index in [-0.39, 0.29) is 0 Å². The predicted octanol–water partition coefficient (Wildman–Crippen LogP) is 3.05. The van der Waals surface area contributed by atoms with Gasteiger partial charge < -0.3 is 10.1 Å². The Morgan fingerprint density at radius 1 is 1.39 bits per heavy atom. The lowest BCUT2D eigenvalue weighted by Gasteiger charge is -2.31. The molecule has 0 bridgehead atoms. The van der Waals surface area contributed by atoms with Crippen LogP contribution >= 0.6 is 11.8 Å². The number of methoxy groups -OCH3 is 1. The molecule has 1 saturated heterocycles. The smallest absolute Gasteiger partial charge is 0.156 e. The molecule has 0 spiro atoms. The number of nitrogens with zero attached hydrogens (tertiary/aromatic N) is 1. The zero-order valence-corrected chi connectivity index (χ0v) is 12.5. The van der Waals surface area contributed by atoms with Crippen LogP contribution in [0.15, 0.2) is 4.99 Å². The van der Waals surface area contributed by atoms with E-state index < -0.39 is 0 Å². The molecule has 2 rings (SSSR count). The van der Waals surface area contributed by atoms with E-state index in [1.54, 1.807) is 7.11 Å². The van der Waals surface area contributed by atoms with Crippen molar-refractivity contribution < 1.29 is 4.74 Å². The molecule has 4 heteroatoms. The number of amidine groups is 1. The van der Waals surface area contributed by atoms with Crippen LogP contribution in [0.25, 0.3) is 0 Å². The van der Waals surface area contributed by atoms with Gasteiger partial charge in [-0.1, -0.05) is 37.9 Å². The normalized spacial score (nSPS) is 29.4. The first kappa shape index (κ1) is 14.2. The largest absolute Gasteiger partial charge is 0.385 e. The van der Waals surface area contributed by atoms with Gasteiger partial charge >= 0.3 is 0 Å². The summed E-state index contributed by atoms with van der Waals surface area (Å²) in [6, 6.07) is 0.549. The number of hydrogen-bond acceptors (Lipinski definition) is 3. The number of hydrogen-bond donors (Lipinski definition) is 1. The number of rotatable bonds is 5. The van der Waals surface area contributed by atoms with E-state index in [2.05, 4.69) is 12.2 Å². The molecule has 1 aliphatic carbocycles. The molecule has 0 amide bonds. The second kappa shape index (κ2) is 6.80. The molecule has 1 aliphatic heterocycles. The van der Waals surface area contributed by atoms with Gasteiger partial charge in [0.25, 0.3) is 0 Å². The highest BCUT2D eigenvalue weighted by Gasteiger charge is 2.27. The first-order chi connectivity index (χ1) is 8.72. The zero-order chi connectivity index (χ0) is 12.8. The quantitative estimate of drug-likeness (QED) is 0.833. The van der Waals surface area contributed by atoms with Crippen LogP contribution in [-0.2, 0) is 4.74 Å². The molecule has 1 unspecified atom stereocenters. The maximum Gasteiger partial charge on any atom is 0.156 e. The Morgan fingerprint density at radius 2 is 2.17 bits per heavy atom. The highest BCUT2D eigenvalue weighted by Crippen LogP contribution is 2.36. The van der Waals surface area contributed by atoms with Crippen LogP contribution < -0.4 is 5.32 Å². The summed E-state index contributed by atoms with van der Waals surface area (Å²) in [5.41, 5.74) is 0.456. The second-order valence-corrected chi connectivity index (χ2v) is 6.94. The van der Waals surface area contributed by atoms with Gasteiger partial charge in [0, 0.05) is 32.1 Å². The summed E-state index contributed by atoms with van der Waals surface area (Å²) in [6.07, 6.45) is 7.97. The first-order valence-electron chi connectivity index (χ1n) is 7.15. The monoisotopic (exact) mass is 270 g/mol. The lowest BCUT2D eigenvalue weighted by Crippen LogP contribution is -2.29. The van der Waals surface area contributed by atoms with Gasteiger partial charge in [-0.15, -0.1) is 0 Å². The maximum absolute atomic E-state index is 5.12. The van der Waals surface area contributed by atoms with Crippen molar-refractivity contribution in [2.24, 2.45) is 10.4 Å². The standard InChI is InChI=1S/C14H26N2OS/c1-14(7-4-3-5-8-14)11-15-13-16-12(10-18-13)6-9-17-2/h12H,3-11H2,1-2H3,(H,15,16). The fraction of sp³-hybridized carbons (Fsp3) is 0.929. The van der Waals surface area contributed by atoms with Crippen LogP contribution in [0.5, 0.6) is 0 Å². The van der Waals surface area contributed by atoms with E-state index in [4.69, 9.17) is 9.73 Å². The van der Waals surface area contributed by atoms with Crippen LogP contribution in [0.3, 0.4) is 0 Å². The van der Waals surface area contributed by atoms with E-state index in [1.807, 2.05) is 11.8 Å². The zero-order valence-electron chi connectivity index (χ0n) is 11.7. The minimum Gasteiger partial charge on any atom is -0.385 e. The summed E-state index contributed by atoms with van der Waals surface area (Å²) in [5, 5.41) is 4.67. The number of nitrogens with one attached hydrogen (secondary N) is 1. The highest BCUT2D eigenvalue weighted by atomic mass is 32.2. The Labute approximate surface area is 115 Å². The molecule has 0 aromatic carbocycles. The average Bonchev–Trinajstić information content (AvgIpc) is 2.83. The molecule has 0 aromatic rings. The lowest BCUT2D eigenvalue weighted by molar-refractivity contribution is 0.188. The Morgan fingerprint density at radius 3 is 2.89 bits per heavy atom. The van der Waals surface area contributed by atoms with Gasteiger partial charge in [0.05, 0.1) is 0 Å². The van der Waals surface area contributed by atoms with Gasteiger partial charge in [-0.25, -0.2) is 0 Å². The summed E-state index contributed by atoms with van der Waals surface area (Å²) in [5.74, 6) is 1.14. The van der Waals surface area contributed by atoms with Crippen LogP contribution in [0, 0.1) is 5.41 Å². The third-order valence-electron chi connectivity index (χ3n) is 4.08. The molecular formula is C14H26N2OS. The lowest BCUT2D eigenvalue weighted by atomic mass is 9.76. The SMILES string of the molecule is COCCC1CSC(=NCC2(C)CCCCC2)N1. The number of thioether (sulfide) groups is 1. The van der Waals surface area contributed by atoms with Crippen LogP contribution in [0.1, 0.15) is 45.4 Å². The van der Waals surface area contributed by atoms with E-state index >= 15 is 0 Å². The minimum absolute atomic E-state index is 0.456. The van der Waals surface area contributed by atoms with Gasteiger partial charge in [0.2, 0.25) is 0 Å². The predicted molar refractivity (Wildman–Crippen MR) is 79.4 cm³/mol. The molecule has 1 N–H and O–H groups in total. The average molecular weight is 270 g/mol. The Bertz CT molecular complexity index is 288. The summed E-state index contributed by atoms with van der Waals surface area (Å²) >= 11 is 1.87. The maximum atomic E-state index is 5.12. The number of ether oxygens (including phenoxy) is 1. The fourth-order valence-corrected chi connectivity index (χ4v) is 3.79. The van der Waals surface area contributed by atoms with Crippen molar-refractivity contribution in [3.63, 3.8) is 0 Å². The Hall–Kier alpha value is -0.220. The third kappa shape index (κ3) is 4.16. The molecule has 1 atom stereocenters. The van der Waals surface area contributed by atoms with Gasteiger partial charge in [-0.05, 0) is 24.7 Å². The molecule has 104 valence electrons. The van der Waals surface area contributed by atoms with Crippen molar-refractivity contribution in [3.05, 3.63) is 0 Å². The van der Waals surface area contributed by atoms with E-state index in [0.29, 0.717) is 11.5 Å². The first-order valence-corrected chi connectivity index (χ1v) is 8.13. The summed E-state index contributed by atoms with van der Waals surface area (Å²) in [6.45, 7) is 4.24. The fourth-order valence-electron chi connectivity index (χ4n) is 2.77. The van der Waals surface area contributed by atoms with Crippen molar-refractivity contribution in [2.75, 3.05) is 26.0 Å². The minimum atomic E-state index is 0.456. The summed E-state index contributed by atoms with van der Waals surface area (Å²) in [7, 11) is 1.76. The molecule has 18 heavy (non-hydrogen) atoms. The van der Waals surface area contributed by atoms with E-state index in [1.165, 1.54) is 32.1 Å². The Balaban J connectivity index is 1.76. The van der Waals surface area contributed by atoms with Crippen molar-refractivity contribution in [2.45, 2.75) is 51.5 Å². The topological polar surface area (TPSA) is 33.6 Å². The van der Waals surface area contributed by atoms with E-state index in [9.17, 15) is 0 Å².